The number of halogens is 2. The van der Waals surface area contributed by atoms with Crippen LogP contribution < -0.4 is 4.74 Å². The zero-order valence-electron chi connectivity index (χ0n) is 18.8. The predicted molar refractivity (Wildman–Crippen MR) is 122 cm³/mol. The Morgan fingerprint density at radius 1 is 0.886 bits per heavy atom. The third kappa shape index (κ3) is 4.89. The van der Waals surface area contributed by atoms with E-state index in [1.165, 1.54) is 55.3 Å². The summed E-state index contributed by atoms with van der Waals surface area (Å²) >= 11 is 0. The summed E-state index contributed by atoms with van der Waals surface area (Å²) in [5.74, 6) is -2.79. The van der Waals surface area contributed by atoms with Crippen molar-refractivity contribution in [3.63, 3.8) is 0 Å². The number of methoxy groups -OCH3 is 2. The number of para-hydroxylation sites is 1. The summed E-state index contributed by atoms with van der Waals surface area (Å²) in [5.41, 5.74) is 1.08. The summed E-state index contributed by atoms with van der Waals surface area (Å²) < 4.78 is 44.6. The first-order valence-corrected chi connectivity index (χ1v) is 10.4. The van der Waals surface area contributed by atoms with Crippen molar-refractivity contribution in [2.75, 3.05) is 14.2 Å². The molecule has 0 amide bonds. The van der Waals surface area contributed by atoms with Gasteiger partial charge in [0.25, 0.3) is 0 Å². The van der Waals surface area contributed by atoms with E-state index in [4.69, 9.17) is 14.2 Å². The van der Waals surface area contributed by atoms with Crippen LogP contribution >= 0.6 is 0 Å². The number of aromatic nitrogens is 2. The minimum atomic E-state index is -0.834. The summed E-state index contributed by atoms with van der Waals surface area (Å²) in [6.45, 7) is 0.0269. The lowest BCUT2D eigenvalue weighted by molar-refractivity contribution is 0.0549. The average Bonchev–Trinajstić information content (AvgIpc) is 3.29. The van der Waals surface area contributed by atoms with Gasteiger partial charge in [0.1, 0.15) is 23.7 Å². The Bertz CT molecular complexity index is 1370. The van der Waals surface area contributed by atoms with Crippen LogP contribution in [0.5, 0.6) is 5.75 Å². The van der Waals surface area contributed by atoms with E-state index in [0.29, 0.717) is 11.3 Å². The van der Waals surface area contributed by atoms with Gasteiger partial charge in [-0.2, -0.15) is 5.10 Å². The SMILES string of the molecule is COC(=O)c1c(-c2ccc(OCc3ccc(F)cc3)c(F)c2)nn(-c2ccccc2)c1C(=O)OC. The summed E-state index contributed by atoms with van der Waals surface area (Å²) in [5, 5.41) is 4.43. The molecular weight excluding hydrogens is 458 g/mol. The molecular formula is C26H20F2N2O5. The predicted octanol–water partition coefficient (Wildman–Crippen LogP) is 4.97. The highest BCUT2D eigenvalue weighted by molar-refractivity contribution is 6.06. The lowest BCUT2D eigenvalue weighted by Crippen LogP contribution is -2.15. The molecule has 0 radical (unpaired) electrons. The molecule has 0 aliphatic heterocycles. The topological polar surface area (TPSA) is 79.7 Å². The maximum Gasteiger partial charge on any atom is 0.357 e. The molecule has 4 aromatic rings. The molecule has 0 atom stereocenters. The van der Waals surface area contributed by atoms with Crippen LogP contribution in [0.3, 0.4) is 0 Å². The molecule has 0 saturated carbocycles. The van der Waals surface area contributed by atoms with Gasteiger partial charge in [-0.15, -0.1) is 0 Å². The third-order valence-electron chi connectivity index (χ3n) is 5.17. The number of esters is 2. The Hall–Kier alpha value is -4.53. The molecule has 7 nitrogen and oxygen atoms in total. The Balaban J connectivity index is 1.76. The summed E-state index contributed by atoms with van der Waals surface area (Å²) in [4.78, 5) is 25.3. The zero-order chi connectivity index (χ0) is 24.9. The molecule has 178 valence electrons. The standard InChI is InChI=1S/C26H20F2N2O5/c1-33-25(31)22-23(29-30(24(22)26(32)34-2)19-6-4-3-5-7-19)17-10-13-21(20(28)14-17)35-15-16-8-11-18(27)12-9-16/h3-14H,15H2,1-2H3. The zero-order valence-corrected chi connectivity index (χ0v) is 18.8. The van der Waals surface area contributed by atoms with Crippen molar-refractivity contribution in [1.82, 2.24) is 9.78 Å². The highest BCUT2D eigenvalue weighted by Crippen LogP contribution is 2.32. The van der Waals surface area contributed by atoms with Crippen LogP contribution in [0.2, 0.25) is 0 Å². The first kappa shape index (κ1) is 23.6. The first-order valence-electron chi connectivity index (χ1n) is 10.4. The van der Waals surface area contributed by atoms with Crippen molar-refractivity contribution in [1.29, 1.82) is 0 Å². The molecule has 35 heavy (non-hydrogen) atoms. The molecule has 0 aliphatic carbocycles. The molecule has 1 aromatic heterocycles. The van der Waals surface area contributed by atoms with Crippen molar-refractivity contribution in [3.05, 3.63) is 101 Å². The average molecular weight is 478 g/mol. The number of hydrogen-bond acceptors (Lipinski definition) is 6. The van der Waals surface area contributed by atoms with Crippen LogP contribution in [0.15, 0.2) is 72.8 Å². The Kier molecular flexibility index (Phi) is 6.86. The second-order valence-electron chi connectivity index (χ2n) is 7.36. The molecule has 4 rings (SSSR count). The lowest BCUT2D eigenvalue weighted by atomic mass is 10.1. The number of nitrogens with zero attached hydrogens (tertiary/aromatic N) is 2. The van der Waals surface area contributed by atoms with Crippen molar-refractivity contribution in [2.45, 2.75) is 6.61 Å². The molecule has 3 aromatic carbocycles. The van der Waals surface area contributed by atoms with Gasteiger partial charge in [0.05, 0.1) is 19.9 Å². The number of carbonyl (C=O) groups excluding carboxylic acids is 2. The molecule has 0 fully saturated rings. The van der Waals surface area contributed by atoms with Crippen molar-refractivity contribution >= 4 is 11.9 Å². The quantitative estimate of drug-likeness (QED) is 0.349. The van der Waals surface area contributed by atoms with E-state index in [0.717, 1.165) is 6.07 Å². The highest BCUT2D eigenvalue weighted by Gasteiger charge is 2.31. The van der Waals surface area contributed by atoms with Crippen LogP contribution in [-0.2, 0) is 16.1 Å². The fourth-order valence-electron chi connectivity index (χ4n) is 3.46. The van der Waals surface area contributed by atoms with E-state index >= 15 is 0 Å². The van der Waals surface area contributed by atoms with E-state index < -0.39 is 17.8 Å². The van der Waals surface area contributed by atoms with Crippen molar-refractivity contribution in [3.8, 4) is 22.7 Å². The van der Waals surface area contributed by atoms with Gasteiger partial charge in [0, 0.05) is 5.56 Å². The fourth-order valence-corrected chi connectivity index (χ4v) is 3.46. The number of carbonyl (C=O) groups is 2. The molecule has 0 spiro atoms. The Labute approximate surface area is 199 Å². The van der Waals surface area contributed by atoms with Crippen LogP contribution in [0.4, 0.5) is 8.78 Å². The maximum absolute atomic E-state index is 14.9. The largest absolute Gasteiger partial charge is 0.486 e. The number of hydrogen-bond donors (Lipinski definition) is 0. The van der Waals surface area contributed by atoms with Gasteiger partial charge >= 0.3 is 11.9 Å². The minimum Gasteiger partial charge on any atom is -0.486 e. The van der Waals surface area contributed by atoms with E-state index in [1.807, 2.05) is 0 Å². The van der Waals surface area contributed by atoms with Gasteiger partial charge in [0.15, 0.2) is 17.3 Å². The summed E-state index contributed by atoms with van der Waals surface area (Å²) in [6, 6.07) is 18.3. The number of rotatable bonds is 7. The van der Waals surface area contributed by atoms with Crippen LogP contribution in [0.25, 0.3) is 16.9 Å². The van der Waals surface area contributed by atoms with Crippen LogP contribution in [0, 0.1) is 11.6 Å². The molecule has 0 bridgehead atoms. The van der Waals surface area contributed by atoms with Crippen LogP contribution in [-0.4, -0.2) is 35.9 Å². The molecule has 0 aliphatic rings. The third-order valence-corrected chi connectivity index (χ3v) is 5.17. The number of benzene rings is 3. The molecule has 9 heteroatoms. The Morgan fingerprint density at radius 3 is 2.20 bits per heavy atom. The molecule has 0 unspecified atom stereocenters. The lowest BCUT2D eigenvalue weighted by Gasteiger charge is -2.09. The van der Waals surface area contributed by atoms with E-state index in [9.17, 15) is 18.4 Å². The van der Waals surface area contributed by atoms with Crippen molar-refractivity contribution < 1.29 is 32.6 Å². The van der Waals surface area contributed by atoms with Gasteiger partial charge in [-0.1, -0.05) is 30.3 Å². The van der Waals surface area contributed by atoms with E-state index in [1.54, 1.807) is 30.3 Å². The number of ether oxygens (including phenoxy) is 3. The summed E-state index contributed by atoms with van der Waals surface area (Å²) in [6.07, 6.45) is 0. The van der Waals surface area contributed by atoms with Gasteiger partial charge in [-0.05, 0) is 48.0 Å². The first-order chi connectivity index (χ1) is 16.9. The second-order valence-corrected chi connectivity index (χ2v) is 7.36. The summed E-state index contributed by atoms with van der Waals surface area (Å²) in [7, 11) is 2.35. The van der Waals surface area contributed by atoms with Gasteiger partial charge < -0.3 is 14.2 Å². The second kappa shape index (κ2) is 10.2. The monoisotopic (exact) mass is 478 g/mol. The highest BCUT2D eigenvalue weighted by atomic mass is 19.1. The van der Waals surface area contributed by atoms with Crippen LogP contribution in [0.1, 0.15) is 26.4 Å². The molecule has 1 heterocycles. The van der Waals surface area contributed by atoms with E-state index in [2.05, 4.69) is 5.10 Å². The smallest absolute Gasteiger partial charge is 0.357 e. The van der Waals surface area contributed by atoms with E-state index in [-0.39, 0.29) is 40.7 Å². The normalized spacial score (nSPS) is 10.6. The molecule has 0 saturated heterocycles. The van der Waals surface area contributed by atoms with Gasteiger partial charge in [0.2, 0.25) is 0 Å². The minimum absolute atomic E-state index is 0.0269. The van der Waals surface area contributed by atoms with Crippen molar-refractivity contribution in [2.24, 2.45) is 0 Å². The maximum atomic E-state index is 14.9. The molecule has 0 N–H and O–H groups in total. The fraction of sp³-hybridized carbons (Fsp3) is 0.115. The van der Waals surface area contributed by atoms with Gasteiger partial charge in [-0.25, -0.2) is 23.1 Å². The van der Waals surface area contributed by atoms with Gasteiger partial charge in [-0.3, -0.25) is 0 Å². The Morgan fingerprint density at radius 2 is 1.57 bits per heavy atom.